The summed E-state index contributed by atoms with van der Waals surface area (Å²) in [6.07, 6.45) is 6.16. The number of ketones is 1. The van der Waals surface area contributed by atoms with Gasteiger partial charge < -0.3 is 15.6 Å². The highest BCUT2D eigenvalue weighted by Crippen LogP contribution is 2.22. The van der Waals surface area contributed by atoms with Crippen LogP contribution in [0.25, 0.3) is 0 Å². The zero-order chi connectivity index (χ0) is 14.7. The first kappa shape index (κ1) is 13.8. The molecule has 1 aliphatic rings. The zero-order valence-corrected chi connectivity index (χ0v) is 12.0. The summed E-state index contributed by atoms with van der Waals surface area (Å²) < 4.78 is 2.13. The fourth-order valence-electron chi connectivity index (χ4n) is 2.91. The topological polar surface area (TPSA) is 72.9 Å². The van der Waals surface area contributed by atoms with Crippen LogP contribution in [0.5, 0.6) is 0 Å². The van der Waals surface area contributed by atoms with Crippen LogP contribution in [0.4, 0.5) is 5.82 Å². The summed E-state index contributed by atoms with van der Waals surface area (Å²) in [5.74, 6) is 0.582. The van der Waals surface area contributed by atoms with Gasteiger partial charge >= 0.3 is 0 Å². The monoisotopic (exact) mass is 284 g/mol. The molecule has 1 aliphatic heterocycles. The van der Waals surface area contributed by atoms with Crippen LogP contribution in [0.1, 0.15) is 34.9 Å². The Morgan fingerprint density at radius 2 is 2.19 bits per heavy atom. The third kappa shape index (κ3) is 3.13. The van der Waals surface area contributed by atoms with E-state index in [1.165, 1.54) is 0 Å². The van der Waals surface area contributed by atoms with Crippen molar-refractivity contribution in [2.75, 3.05) is 18.8 Å². The van der Waals surface area contributed by atoms with Gasteiger partial charge in [0.25, 0.3) is 0 Å². The van der Waals surface area contributed by atoms with Gasteiger partial charge in [-0.15, -0.1) is 0 Å². The number of nitrogens with two attached hydrogens (primary N) is 1. The Balaban J connectivity index is 1.77. The van der Waals surface area contributed by atoms with E-state index in [4.69, 9.17) is 5.73 Å². The second-order valence-electron chi connectivity index (χ2n) is 5.47. The number of carbonyl (C=O) groups is 1. The number of Topliss-reactive ketones (excluding diaryl/α,β-unsaturated/α-hetero) is 1. The van der Waals surface area contributed by atoms with Crippen LogP contribution in [-0.4, -0.2) is 28.4 Å². The molecular weight excluding hydrogens is 264 g/mol. The van der Waals surface area contributed by atoms with Crippen molar-refractivity contribution in [3.8, 4) is 0 Å². The predicted octanol–water partition coefficient (Wildman–Crippen LogP) is 1.82. The molecule has 0 unspecified atom stereocenters. The molecule has 0 spiro atoms. The van der Waals surface area contributed by atoms with Crippen LogP contribution in [0.2, 0.25) is 0 Å². The minimum atomic E-state index is 0.129. The molecule has 1 fully saturated rings. The minimum Gasteiger partial charge on any atom is -0.384 e. The standard InChI is InChI=1S/C16H20N4O/c17-16-11-12(3-8-19-16)10-15(21)14-2-1-9-20(14)13-4-6-18-7-5-13/h1-3,8-9,11,13,18H,4-7,10H2,(H2,17,19). The van der Waals surface area contributed by atoms with Crippen LogP contribution in [0.15, 0.2) is 36.7 Å². The number of hydrogen-bond donors (Lipinski definition) is 2. The largest absolute Gasteiger partial charge is 0.384 e. The van der Waals surface area contributed by atoms with Crippen LogP contribution in [0.3, 0.4) is 0 Å². The molecule has 5 nitrogen and oxygen atoms in total. The quantitative estimate of drug-likeness (QED) is 0.840. The van der Waals surface area contributed by atoms with E-state index in [2.05, 4.69) is 14.9 Å². The lowest BCUT2D eigenvalue weighted by Gasteiger charge is -2.25. The second-order valence-corrected chi connectivity index (χ2v) is 5.47. The number of pyridine rings is 1. The van der Waals surface area contributed by atoms with Crippen molar-refractivity contribution < 1.29 is 4.79 Å². The van der Waals surface area contributed by atoms with Gasteiger partial charge in [-0.3, -0.25) is 4.79 Å². The third-order valence-electron chi connectivity index (χ3n) is 3.98. The van der Waals surface area contributed by atoms with Gasteiger partial charge in [0, 0.05) is 24.9 Å². The molecule has 3 heterocycles. The second kappa shape index (κ2) is 6.10. The van der Waals surface area contributed by atoms with Crippen molar-refractivity contribution in [1.82, 2.24) is 14.9 Å². The van der Waals surface area contributed by atoms with Crippen LogP contribution >= 0.6 is 0 Å². The molecule has 21 heavy (non-hydrogen) atoms. The molecule has 5 heteroatoms. The van der Waals surface area contributed by atoms with Crippen LogP contribution < -0.4 is 11.1 Å². The van der Waals surface area contributed by atoms with Gasteiger partial charge in [0.15, 0.2) is 5.78 Å². The van der Waals surface area contributed by atoms with E-state index in [0.717, 1.165) is 37.2 Å². The first-order valence-corrected chi connectivity index (χ1v) is 7.35. The maximum Gasteiger partial charge on any atom is 0.183 e. The lowest BCUT2D eigenvalue weighted by atomic mass is 10.0. The van der Waals surface area contributed by atoms with Gasteiger partial charge in [-0.25, -0.2) is 4.98 Å². The summed E-state index contributed by atoms with van der Waals surface area (Å²) >= 11 is 0. The predicted molar refractivity (Wildman–Crippen MR) is 82.3 cm³/mol. The Morgan fingerprint density at radius 3 is 2.95 bits per heavy atom. The minimum absolute atomic E-state index is 0.129. The van der Waals surface area contributed by atoms with Crippen molar-refractivity contribution >= 4 is 11.6 Å². The molecule has 3 N–H and O–H groups in total. The van der Waals surface area contributed by atoms with Crippen molar-refractivity contribution in [2.45, 2.75) is 25.3 Å². The van der Waals surface area contributed by atoms with Crippen molar-refractivity contribution in [2.24, 2.45) is 0 Å². The molecule has 0 bridgehead atoms. The number of carbonyl (C=O) groups excluding carboxylic acids is 1. The molecule has 2 aromatic heterocycles. The molecular formula is C16H20N4O. The molecule has 1 saturated heterocycles. The fourth-order valence-corrected chi connectivity index (χ4v) is 2.91. The van der Waals surface area contributed by atoms with Crippen molar-refractivity contribution in [1.29, 1.82) is 0 Å². The highest BCUT2D eigenvalue weighted by Gasteiger charge is 2.20. The first-order valence-electron chi connectivity index (χ1n) is 7.35. The van der Waals surface area contributed by atoms with Crippen molar-refractivity contribution in [3.05, 3.63) is 47.9 Å². The van der Waals surface area contributed by atoms with Gasteiger partial charge in [-0.05, 0) is 55.8 Å². The Morgan fingerprint density at radius 1 is 1.38 bits per heavy atom. The Labute approximate surface area is 124 Å². The summed E-state index contributed by atoms with van der Waals surface area (Å²) in [5.41, 5.74) is 7.36. The van der Waals surface area contributed by atoms with E-state index >= 15 is 0 Å². The summed E-state index contributed by atoms with van der Waals surface area (Å²) in [4.78, 5) is 16.5. The molecule has 0 aliphatic carbocycles. The smallest absolute Gasteiger partial charge is 0.183 e. The van der Waals surface area contributed by atoms with Crippen LogP contribution in [0, 0.1) is 0 Å². The number of nitrogen functional groups attached to an aromatic ring is 1. The van der Waals surface area contributed by atoms with E-state index in [1.807, 2.05) is 24.4 Å². The Hall–Kier alpha value is -2.14. The number of piperidine rings is 1. The number of rotatable bonds is 4. The van der Waals surface area contributed by atoms with Gasteiger partial charge in [0.1, 0.15) is 5.82 Å². The molecule has 0 saturated carbocycles. The summed E-state index contributed by atoms with van der Waals surface area (Å²) in [6.45, 7) is 2.02. The number of anilines is 1. The lowest BCUT2D eigenvalue weighted by Crippen LogP contribution is -2.30. The maximum absolute atomic E-state index is 12.6. The van der Waals surface area contributed by atoms with E-state index in [1.54, 1.807) is 12.3 Å². The summed E-state index contributed by atoms with van der Waals surface area (Å²) in [7, 11) is 0. The highest BCUT2D eigenvalue weighted by atomic mass is 16.1. The van der Waals surface area contributed by atoms with Gasteiger partial charge in [-0.1, -0.05) is 0 Å². The maximum atomic E-state index is 12.6. The van der Waals surface area contributed by atoms with Gasteiger partial charge in [0.2, 0.25) is 0 Å². The summed E-state index contributed by atoms with van der Waals surface area (Å²) in [5, 5.41) is 3.35. The van der Waals surface area contributed by atoms with E-state index in [0.29, 0.717) is 18.3 Å². The number of nitrogens with zero attached hydrogens (tertiary/aromatic N) is 2. The molecule has 0 atom stereocenters. The average Bonchev–Trinajstić information content (AvgIpc) is 2.98. The number of hydrogen-bond acceptors (Lipinski definition) is 4. The van der Waals surface area contributed by atoms with Gasteiger partial charge in [-0.2, -0.15) is 0 Å². The Kier molecular flexibility index (Phi) is 4.01. The van der Waals surface area contributed by atoms with Crippen molar-refractivity contribution in [3.63, 3.8) is 0 Å². The van der Waals surface area contributed by atoms with E-state index < -0.39 is 0 Å². The van der Waals surface area contributed by atoms with Gasteiger partial charge in [0.05, 0.1) is 5.69 Å². The third-order valence-corrected chi connectivity index (χ3v) is 3.98. The first-order chi connectivity index (χ1) is 10.2. The average molecular weight is 284 g/mol. The number of nitrogens with one attached hydrogen (secondary N) is 1. The molecule has 0 amide bonds. The molecule has 3 rings (SSSR count). The zero-order valence-electron chi connectivity index (χ0n) is 12.0. The summed E-state index contributed by atoms with van der Waals surface area (Å²) in [6, 6.07) is 7.88. The lowest BCUT2D eigenvalue weighted by molar-refractivity contribution is 0.0980. The highest BCUT2D eigenvalue weighted by molar-refractivity contribution is 5.96. The van der Waals surface area contributed by atoms with Crippen LogP contribution in [-0.2, 0) is 6.42 Å². The van der Waals surface area contributed by atoms with E-state index in [9.17, 15) is 4.79 Å². The SMILES string of the molecule is Nc1cc(CC(=O)c2cccn2C2CCNCC2)ccn1. The molecule has 110 valence electrons. The molecule has 0 radical (unpaired) electrons. The normalized spacial score (nSPS) is 16.0. The fraction of sp³-hybridized carbons (Fsp3) is 0.375. The number of aromatic nitrogens is 2. The Bertz CT molecular complexity index is 629. The molecule has 2 aromatic rings. The molecule has 0 aromatic carbocycles. The van der Waals surface area contributed by atoms with E-state index in [-0.39, 0.29) is 5.78 Å².